The molecular weight excluding hydrogens is 518 g/mol. The molecule has 0 spiro atoms. The molecule has 5 rings (SSSR count). The van der Waals surface area contributed by atoms with Gasteiger partial charge in [0.25, 0.3) is 5.91 Å². The van der Waals surface area contributed by atoms with E-state index in [4.69, 9.17) is 16.3 Å². The number of carbonyl (C=O) groups is 1. The third kappa shape index (κ3) is 5.22. The summed E-state index contributed by atoms with van der Waals surface area (Å²) in [6.07, 6.45) is 3.91. The Morgan fingerprint density at radius 3 is 2.69 bits per heavy atom. The lowest BCUT2D eigenvalue weighted by Gasteiger charge is -2.28. The second-order valence-corrected chi connectivity index (χ2v) is 11.2. The Bertz CT molecular complexity index is 1430. The number of aliphatic hydroxyl groups excluding tert-OH is 1. The number of pyridine rings is 2. The average molecular weight is 540 g/mol. The van der Waals surface area contributed by atoms with Crippen LogP contribution >= 0.6 is 34.7 Å². The van der Waals surface area contributed by atoms with Crippen molar-refractivity contribution in [3.63, 3.8) is 0 Å². The third-order valence-corrected chi connectivity index (χ3v) is 8.35. The van der Waals surface area contributed by atoms with E-state index in [2.05, 4.69) is 37.6 Å². The second kappa shape index (κ2) is 10.5. The number of nitrogens with one attached hydrogen (secondary N) is 1. The number of aromatic nitrogens is 4. The van der Waals surface area contributed by atoms with E-state index in [0.29, 0.717) is 38.3 Å². The summed E-state index contributed by atoms with van der Waals surface area (Å²) in [7, 11) is 1.53. The highest BCUT2D eigenvalue weighted by atomic mass is 35.5. The predicted octanol–water partition coefficient (Wildman–Crippen LogP) is 4.84. The molecule has 11 heteroatoms. The van der Waals surface area contributed by atoms with Crippen molar-refractivity contribution >= 4 is 45.7 Å². The van der Waals surface area contributed by atoms with Gasteiger partial charge in [0, 0.05) is 28.3 Å². The van der Waals surface area contributed by atoms with Crippen LogP contribution in [0.5, 0.6) is 5.75 Å². The number of carbonyl (C=O) groups excluding carboxylic acids is 1. The first-order valence-electron chi connectivity index (χ1n) is 11.1. The molecule has 0 saturated carbocycles. The fraction of sp³-hybridized carbons (Fsp3) is 0.240. The summed E-state index contributed by atoms with van der Waals surface area (Å²) in [6, 6.07) is 11.6. The number of hydrogen-bond donors (Lipinski definition) is 2. The Hall–Kier alpha value is -3.05. The molecule has 1 aliphatic carbocycles. The molecule has 0 unspecified atom stereocenters. The van der Waals surface area contributed by atoms with Crippen molar-refractivity contribution < 1.29 is 14.6 Å². The van der Waals surface area contributed by atoms with E-state index in [1.807, 2.05) is 19.1 Å². The van der Waals surface area contributed by atoms with Crippen molar-refractivity contribution in [3.05, 3.63) is 76.3 Å². The number of benzene rings is 1. The summed E-state index contributed by atoms with van der Waals surface area (Å²) in [5.41, 5.74) is 4.74. The molecule has 0 aliphatic heterocycles. The molecule has 0 bridgehead atoms. The van der Waals surface area contributed by atoms with Crippen molar-refractivity contribution in [1.82, 2.24) is 20.2 Å². The fourth-order valence-corrected chi connectivity index (χ4v) is 6.43. The van der Waals surface area contributed by atoms with E-state index in [1.54, 1.807) is 12.1 Å². The molecule has 8 nitrogen and oxygen atoms in total. The van der Waals surface area contributed by atoms with Crippen molar-refractivity contribution in [2.24, 2.45) is 0 Å². The maximum Gasteiger partial charge on any atom is 0.259 e. The number of thioether (sulfide) groups is 1. The lowest BCUT2D eigenvalue weighted by Crippen LogP contribution is -2.32. The van der Waals surface area contributed by atoms with E-state index >= 15 is 0 Å². The molecule has 1 amide bonds. The molecule has 1 aliphatic rings. The monoisotopic (exact) mass is 539 g/mol. The molecule has 2 N–H and O–H groups in total. The molecule has 2 atom stereocenters. The molecule has 184 valence electrons. The summed E-state index contributed by atoms with van der Waals surface area (Å²) < 4.78 is 6.12. The minimum atomic E-state index is -0.477. The van der Waals surface area contributed by atoms with Gasteiger partial charge >= 0.3 is 0 Å². The van der Waals surface area contributed by atoms with Crippen molar-refractivity contribution in [3.8, 4) is 16.9 Å². The first-order chi connectivity index (χ1) is 17.4. The molecule has 0 saturated heterocycles. The Balaban J connectivity index is 1.34. The van der Waals surface area contributed by atoms with Gasteiger partial charge in [0.1, 0.15) is 10.9 Å². The van der Waals surface area contributed by atoms with Crippen LogP contribution in [0.2, 0.25) is 5.15 Å². The molecule has 0 radical (unpaired) electrons. The largest absolute Gasteiger partial charge is 0.494 e. The van der Waals surface area contributed by atoms with E-state index in [9.17, 15) is 9.90 Å². The normalized spacial score (nSPS) is 16.9. The van der Waals surface area contributed by atoms with Crippen LogP contribution in [0, 0.1) is 6.92 Å². The standard InChI is InChI=1S/C25H22ClN5O3S2/c1-13-7-16(17-10-22(26)28-12-20(17)34-2)18(11-27-13)23(33)29-24-30-31-25(36-24)35-21-9-15-6-4-3-5-14(15)8-19(21)32/h3-7,10-12,19,21,32H,8-9H2,1-2H3,(H,29,30,33)/t19-,21-/m0/s1. The van der Waals surface area contributed by atoms with Crippen LogP contribution in [0.1, 0.15) is 27.2 Å². The number of ether oxygens (including phenoxy) is 1. The quantitative estimate of drug-likeness (QED) is 0.264. The molecule has 3 aromatic heterocycles. The zero-order chi connectivity index (χ0) is 25.2. The zero-order valence-electron chi connectivity index (χ0n) is 19.4. The van der Waals surface area contributed by atoms with E-state index in [0.717, 1.165) is 12.1 Å². The van der Waals surface area contributed by atoms with Gasteiger partial charge < -0.3 is 9.84 Å². The summed E-state index contributed by atoms with van der Waals surface area (Å²) in [6.45, 7) is 1.84. The van der Waals surface area contributed by atoms with Gasteiger partial charge in [-0.3, -0.25) is 15.1 Å². The number of halogens is 1. The van der Waals surface area contributed by atoms with Gasteiger partial charge in [-0.2, -0.15) is 0 Å². The summed E-state index contributed by atoms with van der Waals surface area (Å²) in [4.78, 5) is 21.6. The Labute approximate surface area is 221 Å². The van der Waals surface area contributed by atoms with Crippen molar-refractivity contribution in [2.45, 2.75) is 35.5 Å². The average Bonchev–Trinajstić information content (AvgIpc) is 3.31. The molecule has 4 aromatic rings. The number of aliphatic hydroxyl groups is 1. The number of fused-ring (bicyclic) bond motifs is 1. The van der Waals surface area contributed by atoms with E-state index < -0.39 is 6.10 Å². The van der Waals surface area contributed by atoms with Crippen LogP contribution in [0.15, 0.2) is 53.1 Å². The Kier molecular flexibility index (Phi) is 7.20. The second-order valence-electron chi connectivity index (χ2n) is 8.31. The van der Waals surface area contributed by atoms with Crippen molar-refractivity contribution in [2.75, 3.05) is 12.4 Å². The zero-order valence-corrected chi connectivity index (χ0v) is 21.8. The highest BCUT2D eigenvalue weighted by Gasteiger charge is 2.29. The van der Waals surface area contributed by atoms with Crippen LogP contribution in [-0.2, 0) is 12.8 Å². The van der Waals surface area contributed by atoms with E-state index in [1.165, 1.54) is 53.7 Å². The first-order valence-corrected chi connectivity index (χ1v) is 13.2. The van der Waals surface area contributed by atoms with Crippen molar-refractivity contribution in [1.29, 1.82) is 0 Å². The van der Waals surface area contributed by atoms with Gasteiger partial charge in [-0.25, -0.2) is 4.98 Å². The van der Waals surface area contributed by atoms with Crippen LogP contribution in [0.25, 0.3) is 11.1 Å². The predicted molar refractivity (Wildman–Crippen MR) is 141 cm³/mol. The SMILES string of the molecule is COc1cnc(Cl)cc1-c1cc(C)ncc1C(=O)Nc1nnc(S[C@H]2Cc3ccccc3C[C@@H]2O)s1. The molecule has 0 fully saturated rings. The maximum absolute atomic E-state index is 13.2. The van der Waals surface area contributed by atoms with Gasteiger partial charge in [0.05, 0.1) is 25.0 Å². The molecule has 3 heterocycles. The maximum atomic E-state index is 13.2. The number of anilines is 1. The third-order valence-electron chi connectivity index (χ3n) is 5.91. The van der Waals surface area contributed by atoms with Gasteiger partial charge in [-0.05, 0) is 43.0 Å². The number of methoxy groups -OCH3 is 1. The van der Waals surface area contributed by atoms with Crippen LogP contribution < -0.4 is 10.1 Å². The topological polar surface area (TPSA) is 110 Å². The summed E-state index contributed by atoms with van der Waals surface area (Å²) in [5.74, 6) is 0.105. The molecule has 1 aromatic carbocycles. The number of aryl methyl sites for hydroxylation is 1. The number of amides is 1. The van der Waals surface area contributed by atoms with Crippen LogP contribution in [0.4, 0.5) is 5.13 Å². The minimum absolute atomic E-state index is 0.0341. The Morgan fingerprint density at radius 1 is 1.14 bits per heavy atom. The lowest BCUT2D eigenvalue weighted by molar-refractivity contribution is 0.102. The molecular formula is C25H22ClN5O3S2. The van der Waals surface area contributed by atoms with E-state index in [-0.39, 0.29) is 16.3 Å². The summed E-state index contributed by atoms with van der Waals surface area (Å²) >= 11 is 8.88. The van der Waals surface area contributed by atoms with Crippen LogP contribution in [0.3, 0.4) is 0 Å². The van der Waals surface area contributed by atoms with Gasteiger partial charge in [0.15, 0.2) is 4.34 Å². The fourth-order valence-electron chi connectivity index (χ4n) is 4.14. The lowest BCUT2D eigenvalue weighted by atomic mass is 9.89. The smallest absolute Gasteiger partial charge is 0.259 e. The number of nitrogens with zero attached hydrogens (tertiary/aromatic N) is 4. The first kappa shape index (κ1) is 24.6. The number of hydrogen-bond acceptors (Lipinski definition) is 9. The van der Waals surface area contributed by atoms with Gasteiger partial charge in [0.2, 0.25) is 5.13 Å². The summed E-state index contributed by atoms with van der Waals surface area (Å²) in [5, 5.41) is 22.4. The molecule has 36 heavy (non-hydrogen) atoms. The van der Waals surface area contributed by atoms with Gasteiger partial charge in [-0.15, -0.1) is 10.2 Å². The van der Waals surface area contributed by atoms with Gasteiger partial charge in [-0.1, -0.05) is 59.0 Å². The number of rotatable bonds is 6. The highest BCUT2D eigenvalue weighted by molar-refractivity contribution is 8.01. The minimum Gasteiger partial charge on any atom is -0.494 e. The van der Waals surface area contributed by atoms with Crippen LogP contribution in [-0.4, -0.2) is 49.6 Å². The Morgan fingerprint density at radius 2 is 1.92 bits per heavy atom. The highest BCUT2D eigenvalue weighted by Crippen LogP contribution is 2.37.